The Balaban J connectivity index is 1.88. The average molecular weight is 258 g/mol. The van der Waals surface area contributed by atoms with Crippen LogP contribution in [0.3, 0.4) is 0 Å². The van der Waals surface area contributed by atoms with Crippen LogP contribution in [0.1, 0.15) is 45.1 Å². The van der Waals surface area contributed by atoms with Crippen molar-refractivity contribution in [1.82, 2.24) is 0 Å². The number of hydrogen-bond acceptors (Lipinski definition) is 2. The second-order valence-electron chi connectivity index (χ2n) is 6.22. The highest BCUT2D eigenvalue weighted by Gasteiger charge is 2.35. The van der Waals surface area contributed by atoms with Crippen LogP contribution >= 0.6 is 0 Å². The number of rotatable bonds is 3. The van der Waals surface area contributed by atoms with Gasteiger partial charge in [0.2, 0.25) is 0 Å². The number of nitrogens with one attached hydrogen (secondary N) is 1. The third-order valence-electron chi connectivity index (χ3n) is 5.33. The standard InChI is InChI=1S/C17H26N2/c1-3-17(4-2)10-12-19(13-17)15-9-5-7-14-8-6-11-18-16(14)15/h5,7,9,18H,3-4,6,8,10-13H2,1-2H3. The maximum atomic E-state index is 3.63. The van der Waals surface area contributed by atoms with E-state index in [2.05, 4.69) is 42.3 Å². The van der Waals surface area contributed by atoms with Crippen molar-refractivity contribution >= 4 is 11.4 Å². The molecule has 0 unspecified atom stereocenters. The Morgan fingerprint density at radius 1 is 1.26 bits per heavy atom. The summed E-state index contributed by atoms with van der Waals surface area (Å²) in [7, 11) is 0. The molecule has 2 heteroatoms. The first kappa shape index (κ1) is 12.8. The summed E-state index contributed by atoms with van der Waals surface area (Å²) < 4.78 is 0. The molecule has 0 bridgehead atoms. The molecule has 0 atom stereocenters. The second-order valence-corrected chi connectivity index (χ2v) is 6.22. The lowest BCUT2D eigenvalue weighted by Crippen LogP contribution is -2.27. The summed E-state index contributed by atoms with van der Waals surface area (Å²) in [5, 5.41) is 3.63. The van der Waals surface area contributed by atoms with Gasteiger partial charge in [0.05, 0.1) is 11.4 Å². The number of nitrogens with zero attached hydrogens (tertiary/aromatic N) is 1. The van der Waals surface area contributed by atoms with Gasteiger partial charge in [0.1, 0.15) is 0 Å². The van der Waals surface area contributed by atoms with Crippen molar-refractivity contribution in [2.24, 2.45) is 5.41 Å². The van der Waals surface area contributed by atoms with Crippen LogP contribution in [0, 0.1) is 5.41 Å². The van der Waals surface area contributed by atoms with E-state index >= 15 is 0 Å². The molecule has 2 aliphatic rings. The zero-order valence-electron chi connectivity index (χ0n) is 12.3. The van der Waals surface area contributed by atoms with Crippen LogP contribution in [-0.4, -0.2) is 19.6 Å². The van der Waals surface area contributed by atoms with E-state index in [4.69, 9.17) is 0 Å². The highest BCUT2D eigenvalue weighted by atomic mass is 15.2. The quantitative estimate of drug-likeness (QED) is 0.879. The minimum atomic E-state index is 0.553. The van der Waals surface area contributed by atoms with E-state index in [0.717, 1.165) is 6.54 Å². The van der Waals surface area contributed by atoms with Crippen molar-refractivity contribution in [1.29, 1.82) is 0 Å². The molecule has 1 N–H and O–H groups in total. The number of anilines is 2. The smallest absolute Gasteiger partial charge is 0.0610 e. The Bertz CT molecular complexity index is 449. The Morgan fingerprint density at radius 2 is 2.11 bits per heavy atom. The van der Waals surface area contributed by atoms with Crippen LogP contribution in [0.4, 0.5) is 11.4 Å². The highest BCUT2D eigenvalue weighted by molar-refractivity contribution is 5.75. The van der Waals surface area contributed by atoms with Crippen molar-refractivity contribution in [2.75, 3.05) is 29.9 Å². The minimum absolute atomic E-state index is 0.553. The minimum Gasteiger partial charge on any atom is -0.383 e. The van der Waals surface area contributed by atoms with Crippen molar-refractivity contribution in [3.8, 4) is 0 Å². The van der Waals surface area contributed by atoms with Crippen LogP contribution in [-0.2, 0) is 6.42 Å². The first-order valence-corrected chi connectivity index (χ1v) is 7.89. The molecule has 0 radical (unpaired) electrons. The molecule has 1 saturated heterocycles. The van der Waals surface area contributed by atoms with Crippen molar-refractivity contribution in [3.05, 3.63) is 23.8 Å². The first-order chi connectivity index (χ1) is 9.28. The molecular formula is C17H26N2. The lowest BCUT2D eigenvalue weighted by molar-refractivity contribution is 0.301. The molecule has 1 aromatic carbocycles. The highest BCUT2D eigenvalue weighted by Crippen LogP contribution is 2.42. The van der Waals surface area contributed by atoms with E-state index < -0.39 is 0 Å². The summed E-state index contributed by atoms with van der Waals surface area (Å²) >= 11 is 0. The Hall–Kier alpha value is -1.18. The molecule has 0 aromatic heterocycles. The van der Waals surface area contributed by atoms with Crippen molar-refractivity contribution in [2.45, 2.75) is 46.0 Å². The number of fused-ring (bicyclic) bond motifs is 1. The van der Waals surface area contributed by atoms with Crippen LogP contribution in [0.15, 0.2) is 18.2 Å². The molecule has 2 aliphatic heterocycles. The van der Waals surface area contributed by atoms with E-state index in [0.29, 0.717) is 5.41 Å². The molecular weight excluding hydrogens is 232 g/mol. The molecule has 2 heterocycles. The summed E-state index contributed by atoms with van der Waals surface area (Å²) in [6.45, 7) is 8.29. The zero-order valence-corrected chi connectivity index (χ0v) is 12.3. The monoisotopic (exact) mass is 258 g/mol. The topological polar surface area (TPSA) is 15.3 Å². The lowest BCUT2D eigenvalue weighted by Gasteiger charge is -2.30. The molecule has 3 rings (SSSR count). The summed E-state index contributed by atoms with van der Waals surface area (Å²) in [6.07, 6.45) is 6.47. The van der Waals surface area contributed by atoms with Gasteiger partial charge in [0, 0.05) is 19.6 Å². The molecule has 0 aliphatic carbocycles. The van der Waals surface area contributed by atoms with Gasteiger partial charge < -0.3 is 10.2 Å². The fourth-order valence-electron chi connectivity index (χ4n) is 3.72. The van der Waals surface area contributed by atoms with E-state index in [1.54, 1.807) is 0 Å². The van der Waals surface area contributed by atoms with Gasteiger partial charge >= 0.3 is 0 Å². The molecule has 1 fully saturated rings. The average Bonchev–Trinajstić information content (AvgIpc) is 2.92. The summed E-state index contributed by atoms with van der Waals surface area (Å²) in [5.41, 5.74) is 4.92. The van der Waals surface area contributed by atoms with Gasteiger partial charge in [-0.3, -0.25) is 0 Å². The van der Waals surface area contributed by atoms with Gasteiger partial charge in [-0.1, -0.05) is 26.0 Å². The summed E-state index contributed by atoms with van der Waals surface area (Å²) in [5.74, 6) is 0. The number of hydrogen-bond donors (Lipinski definition) is 1. The number of benzene rings is 1. The van der Waals surface area contributed by atoms with E-state index in [-0.39, 0.29) is 0 Å². The Labute approximate surface area is 117 Å². The van der Waals surface area contributed by atoms with Crippen LogP contribution in [0.2, 0.25) is 0 Å². The lowest BCUT2D eigenvalue weighted by atomic mass is 9.82. The zero-order chi connectivity index (χ0) is 13.3. The van der Waals surface area contributed by atoms with Crippen molar-refractivity contribution in [3.63, 3.8) is 0 Å². The maximum Gasteiger partial charge on any atom is 0.0610 e. The third-order valence-corrected chi connectivity index (χ3v) is 5.33. The third kappa shape index (κ3) is 2.22. The molecule has 19 heavy (non-hydrogen) atoms. The largest absolute Gasteiger partial charge is 0.383 e. The number of para-hydroxylation sites is 1. The summed E-state index contributed by atoms with van der Waals surface area (Å²) in [6, 6.07) is 6.82. The molecule has 104 valence electrons. The van der Waals surface area contributed by atoms with E-state index in [9.17, 15) is 0 Å². The van der Waals surface area contributed by atoms with Gasteiger partial charge in [-0.25, -0.2) is 0 Å². The van der Waals surface area contributed by atoms with E-state index in [1.807, 2.05) is 0 Å². The predicted molar refractivity (Wildman–Crippen MR) is 83.1 cm³/mol. The van der Waals surface area contributed by atoms with Gasteiger partial charge in [0.15, 0.2) is 0 Å². The molecule has 0 amide bonds. The number of aryl methyl sites for hydroxylation is 1. The van der Waals surface area contributed by atoms with Gasteiger partial charge in [0.25, 0.3) is 0 Å². The predicted octanol–water partition coefficient (Wildman–Crippen LogP) is 4.06. The van der Waals surface area contributed by atoms with Crippen LogP contribution in [0.25, 0.3) is 0 Å². The van der Waals surface area contributed by atoms with Gasteiger partial charge in [-0.2, -0.15) is 0 Å². The Morgan fingerprint density at radius 3 is 2.84 bits per heavy atom. The fraction of sp³-hybridized carbons (Fsp3) is 0.647. The van der Waals surface area contributed by atoms with Gasteiger partial charge in [-0.05, 0) is 49.1 Å². The van der Waals surface area contributed by atoms with Crippen LogP contribution in [0.5, 0.6) is 0 Å². The fourth-order valence-corrected chi connectivity index (χ4v) is 3.72. The maximum absolute atomic E-state index is 3.63. The van der Waals surface area contributed by atoms with E-state index in [1.165, 1.54) is 62.1 Å². The second kappa shape index (κ2) is 5.07. The van der Waals surface area contributed by atoms with Crippen molar-refractivity contribution < 1.29 is 0 Å². The molecule has 1 aromatic rings. The SMILES string of the molecule is CCC1(CC)CCN(c2cccc3c2NCCC3)C1. The normalized spacial score (nSPS) is 21.1. The Kier molecular flexibility index (Phi) is 3.42. The summed E-state index contributed by atoms with van der Waals surface area (Å²) in [4.78, 5) is 2.62. The molecule has 0 spiro atoms. The molecule has 2 nitrogen and oxygen atoms in total. The van der Waals surface area contributed by atoms with Crippen LogP contribution < -0.4 is 10.2 Å². The first-order valence-electron chi connectivity index (χ1n) is 7.89. The molecule has 0 saturated carbocycles. The van der Waals surface area contributed by atoms with Gasteiger partial charge in [-0.15, -0.1) is 0 Å².